The van der Waals surface area contributed by atoms with Crippen LogP contribution in [0.1, 0.15) is 13.8 Å². The van der Waals surface area contributed by atoms with Gasteiger partial charge in [0, 0.05) is 39.3 Å². The Balaban J connectivity index is 4.09. The summed E-state index contributed by atoms with van der Waals surface area (Å²) in [6, 6.07) is 0. The molecule has 0 aliphatic rings. The van der Waals surface area contributed by atoms with Crippen LogP contribution in [0.3, 0.4) is 0 Å². The fourth-order valence-corrected chi connectivity index (χ4v) is 1.90. The first-order valence-corrected chi connectivity index (χ1v) is 6.52. The minimum Gasteiger partial charge on any atom is -0.395 e. The normalized spacial score (nSPS) is 15.3. The maximum Gasteiger partial charge on any atom is 0.0639 e. The number of aliphatic hydroxyl groups excluding tert-OH is 4. The van der Waals surface area contributed by atoms with E-state index in [2.05, 4.69) is 0 Å². The molecule has 0 aromatic rings. The summed E-state index contributed by atoms with van der Waals surface area (Å²) in [6.45, 7) is 7.00. The van der Waals surface area contributed by atoms with Crippen molar-refractivity contribution in [2.24, 2.45) is 0 Å². The van der Waals surface area contributed by atoms with Gasteiger partial charge in [0.2, 0.25) is 0 Å². The Hall–Kier alpha value is -0.240. The van der Waals surface area contributed by atoms with Crippen LogP contribution in [0.15, 0.2) is 0 Å². The van der Waals surface area contributed by atoms with Gasteiger partial charge < -0.3 is 20.4 Å². The fraction of sp³-hybridized carbons (Fsp3) is 1.00. The van der Waals surface area contributed by atoms with E-state index < -0.39 is 12.2 Å². The molecule has 0 aromatic carbocycles. The van der Waals surface area contributed by atoms with Crippen molar-refractivity contribution in [3.63, 3.8) is 0 Å². The summed E-state index contributed by atoms with van der Waals surface area (Å²) in [4.78, 5) is 3.94. The predicted octanol–water partition coefficient (Wildman–Crippen LogP) is -1.66. The highest BCUT2D eigenvalue weighted by Gasteiger charge is 2.12. The molecule has 0 aliphatic heterocycles. The monoisotopic (exact) mass is 264 g/mol. The molecule has 0 bridgehead atoms. The van der Waals surface area contributed by atoms with Crippen LogP contribution < -0.4 is 0 Å². The van der Waals surface area contributed by atoms with E-state index in [1.807, 2.05) is 9.80 Å². The van der Waals surface area contributed by atoms with Crippen molar-refractivity contribution in [3.8, 4) is 0 Å². The van der Waals surface area contributed by atoms with Crippen LogP contribution in [0.4, 0.5) is 0 Å². The van der Waals surface area contributed by atoms with Crippen molar-refractivity contribution in [2.45, 2.75) is 26.1 Å². The van der Waals surface area contributed by atoms with Gasteiger partial charge >= 0.3 is 0 Å². The molecule has 0 amide bonds. The summed E-state index contributed by atoms with van der Waals surface area (Å²) >= 11 is 0. The van der Waals surface area contributed by atoms with Crippen molar-refractivity contribution in [2.75, 3.05) is 52.5 Å². The topological polar surface area (TPSA) is 87.4 Å². The molecule has 0 aliphatic carbocycles. The molecular formula is C12H28N2O4. The molecule has 0 fully saturated rings. The van der Waals surface area contributed by atoms with E-state index in [0.29, 0.717) is 39.3 Å². The van der Waals surface area contributed by atoms with Crippen molar-refractivity contribution < 1.29 is 20.4 Å². The number of hydrogen-bond acceptors (Lipinski definition) is 6. The van der Waals surface area contributed by atoms with Crippen molar-refractivity contribution in [3.05, 3.63) is 0 Å². The molecule has 4 N–H and O–H groups in total. The van der Waals surface area contributed by atoms with Crippen LogP contribution in [0.2, 0.25) is 0 Å². The molecule has 0 spiro atoms. The lowest BCUT2D eigenvalue weighted by atomic mass is 10.3. The summed E-state index contributed by atoms with van der Waals surface area (Å²) in [6.07, 6.45) is -0.862. The summed E-state index contributed by atoms with van der Waals surface area (Å²) in [5.41, 5.74) is 0. The first-order valence-electron chi connectivity index (χ1n) is 6.52. The standard InChI is InChI=1S/C12H28N2O4/c1-11(17)9-13(5-7-15)3-4-14(6-8-16)10-12(2)18/h11-12,15-18H,3-10H2,1-2H3/t11-,12+. The number of nitrogens with zero attached hydrogens (tertiary/aromatic N) is 2. The van der Waals surface area contributed by atoms with Gasteiger partial charge in [-0.2, -0.15) is 0 Å². The lowest BCUT2D eigenvalue weighted by Crippen LogP contribution is -2.42. The van der Waals surface area contributed by atoms with Crippen LogP contribution in [0.5, 0.6) is 0 Å². The van der Waals surface area contributed by atoms with Crippen LogP contribution in [0.25, 0.3) is 0 Å². The average molecular weight is 264 g/mol. The zero-order chi connectivity index (χ0) is 14.0. The Bertz CT molecular complexity index is 171. The molecule has 0 heterocycles. The molecule has 0 radical (unpaired) electrons. The van der Waals surface area contributed by atoms with Crippen molar-refractivity contribution in [1.82, 2.24) is 9.80 Å². The smallest absolute Gasteiger partial charge is 0.0639 e. The van der Waals surface area contributed by atoms with E-state index in [1.165, 1.54) is 0 Å². The van der Waals surface area contributed by atoms with Gasteiger partial charge in [0.1, 0.15) is 0 Å². The van der Waals surface area contributed by atoms with Crippen LogP contribution >= 0.6 is 0 Å². The van der Waals surface area contributed by atoms with Gasteiger partial charge in [-0.05, 0) is 13.8 Å². The molecule has 18 heavy (non-hydrogen) atoms. The van der Waals surface area contributed by atoms with Gasteiger partial charge in [0.05, 0.1) is 25.4 Å². The minimum absolute atomic E-state index is 0.0587. The van der Waals surface area contributed by atoms with Gasteiger partial charge in [-0.1, -0.05) is 0 Å². The molecule has 6 nitrogen and oxygen atoms in total. The van der Waals surface area contributed by atoms with E-state index in [9.17, 15) is 10.2 Å². The number of rotatable bonds is 11. The Morgan fingerprint density at radius 1 is 0.722 bits per heavy atom. The Morgan fingerprint density at radius 2 is 1.06 bits per heavy atom. The number of aliphatic hydroxyl groups is 4. The van der Waals surface area contributed by atoms with Crippen LogP contribution in [0, 0.1) is 0 Å². The third kappa shape index (κ3) is 9.76. The van der Waals surface area contributed by atoms with Gasteiger partial charge in [-0.15, -0.1) is 0 Å². The third-order valence-electron chi connectivity index (χ3n) is 2.61. The molecule has 110 valence electrons. The van der Waals surface area contributed by atoms with E-state index in [0.717, 1.165) is 0 Å². The Morgan fingerprint density at radius 3 is 1.28 bits per heavy atom. The highest BCUT2D eigenvalue weighted by atomic mass is 16.3. The summed E-state index contributed by atoms with van der Waals surface area (Å²) in [5, 5.41) is 36.6. The van der Waals surface area contributed by atoms with E-state index in [1.54, 1.807) is 13.8 Å². The molecule has 0 rings (SSSR count). The Kier molecular flexibility index (Phi) is 10.5. The van der Waals surface area contributed by atoms with Crippen molar-refractivity contribution in [1.29, 1.82) is 0 Å². The van der Waals surface area contributed by atoms with Gasteiger partial charge in [-0.25, -0.2) is 0 Å². The zero-order valence-electron chi connectivity index (χ0n) is 11.5. The first kappa shape index (κ1) is 17.8. The Labute approximate surface area is 109 Å². The molecule has 0 aromatic heterocycles. The van der Waals surface area contributed by atoms with Crippen LogP contribution in [-0.2, 0) is 0 Å². The molecular weight excluding hydrogens is 236 g/mol. The molecule has 0 saturated carbocycles. The second-order valence-electron chi connectivity index (χ2n) is 4.75. The predicted molar refractivity (Wildman–Crippen MR) is 70.4 cm³/mol. The molecule has 0 saturated heterocycles. The second kappa shape index (κ2) is 10.7. The lowest BCUT2D eigenvalue weighted by molar-refractivity contribution is 0.0801. The number of hydrogen-bond donors (Lipinski definition) is 4. The third-order valence-corrected chi connectivity index (χ3v) is 2.61. The van der Waals surface area contributed by atoms with Crippen molar-refractivity contribution >= 4 is 0 Å². The largest absolute Gasteiger partial charge is 0.395 e. The maximum atomic E-state index is 9.35. The summed E-state index contributed by atoms with van der Waals surface area (Å²) in [7, 11) is 0. The SMILES string of the molecule is C[C@H](O)CN(CCO)CCN(CCO)C[C@@H](C)O. The zero-order valence-corrected chi connectivity index (χ0v) is 11.5. The summed E-state index contributed by atoms with van der Waals surface area (Å²) < 4.78 is 0. The average Bonchev–Trinajstić information content (AvgIpc) is 2.24. The van der Waals surface area contributed by atoms with Gasteiger partial charge in [0.25, 0.3) is 0 Å². The molecule has 2 atom stereocenters. The van der Waals surface area contributed by atoms with E-state index in [-0.39, 0.29) is 13.2 Å². The highest BCUT2D eigenvalue weighted by molar-refractivity contribution is 4.67. The molecule has 0 unspecified atom stereocenters. The lowest BCUT2D eigenvalue weighted by Gasteiger charge is -2.28. The molecule has 6 heteroatoms. The fourth-order valence-electron chi connectivity index (χ4n) is 1.90. The maximum absolute atomic E-state index is 9.35. The second-order valence-corrected chi connectivity index (χ2v) is 4.75. The highest BCUT2D eigenvalue weighted by Crippen LogP contribution is 1.97. The van der Waals surface area contributed by atoms with Gasteiger partial charge in [-0.3, -0.25) is 9.80 Å². The summed E-state index contributed by atoms with van der Waals surface area (Å²) in [5.74, 6) is 0. The van der Waals surface area contributed by atoms with E-state index >= 15 is 0 Å². The minimum atomic E-state index is -0.431. The van der Waals surface area contributed by atoms with Crippen LogP contribution in [-0.4, -0.2) is 94.9 Å². The first-order chi connectivity index (χ1) is 8.49. The quantitative estimate of drug-likeness (QED) is 0.357. The van der Waals surface area contributed by atoms with Gasteiger partial charge in [0.15, 0.2) is 0 Å². The van der Waals surface area contributed by atoms with E-state index in [4.69, 9.17) is 10.2 Å².